The topological polar surface area (TPSA) is 65.3 Å². The molecule has 1 saturated heterocycles. The van der Waals surface area contributed by atoms with E-state index < -0.39 is 0 Å². The average molecular weight is 472 g/mol. The van der Waals surface area contributed by atoms with Gasteiger partial charge in [-0.25, -0.2) is 4.98 Å². The van der Waals surface area contributed by atoms with E-state index in [2.05, 4.69) is 52.2 Å². The van der Waals surface area contributed by atoms with Gasteiger partial charge in [-0.3, -0.25) is 0 Å². The number of nitrogens with zero attached hydrogens (tertiary/aromatic N) is 5. The highest BCUT2D eigenvalue weighted by Crippen LogP contribution is 2.35. The summed E-state index contributed by atoms with van der Waals surface area (Å²) in [7, 11) is 2.14. The number of piperazine rings is 1. The maximum Gasteiger partial charge on any atom is 0.232 e. The van der Waals surface area contributed by atoms with E-state index in [4.69, 9.17) is 15.0 Å². The van der Waals surface area contributed by atoms with E-state index in [1.54, 1.807) is 11.8 Å². The third kappa shape index (κ3) is 5.88. The summed E-state index contributed by atoms with van der Waals surface area (Å²) < 4.78 is 6.31. The van der Waals surface area contributed by atoms with Gasteiger partial charge in [0.2, 0.25) is 11.8 Å². The number of anilines is 1. The summed E-state index contributed by atoms with van der Waals surface area (Å²) in [5.74, 6) is 2.18. The molecular formula is C27H29N5OS. The zero-order valence-corrected chi connectivity index (χ0v) is 20.3. The Balaban J connectivity index is 1.36. The molecular weight excluding hydrogens is 442 g/mol. The van der Waals surface area contributed by atoms with Crippen LogP contribution in [0, 0.1) is 17.2 Å². The normalized spacial score (nSPS) is 16.3. The first-order chi connectivity index (χ1) is 16.7. The summed E-state index contributed by atoms with van der Waals surface area (Å²) >= 11 is 1.56. The number of hydrogen-bond acceptors (Lipinski definition) is 7. The molecule has 174 valence electrons. The quantitative estimate of drug-likeness (QED) is 0.468. The second-order valence-corrected chi connectivity index (χ2v) is 10.2. The highest BCUT2D eigenvalue weighted by molar-refractivity contribution is 7.99. The summed E-state index contributed by atoms with van der Waals surface area (Å²) in [5, 5.41) is 9.08. The molecule has 34 heavy (non-hydrogen) atoms. The van der Waals surface area contributed by atoms with Crippen LogP contribution in [0.1, 0.15) is 29.5 Å². The van der Waals surface area contributed by atoms with Crippen LogP contribution < -0.4 is 9.64 Å². The number of nitriles is 1. The number of likely N-dealkylation sites (N-methyl/N-ethyl adjacent to an activating group) is 1. The van der Waals surface area contributed by atoms with E-state index >= 15 is 0 Å². The van der Waals surface area contributed by atoms with Crippen molar-refractivity contribution in [3.05, 3.63) is 71.4 Å². The number of aromatic nitrogens is 2. The van der Waals surface area contributed by atoms with E-state index in [0.29, 0.717) is 18.1 Å². The number of benzene rings is 2. The van der Waals surface area contributed by atoms with E-state index in [0.717, 1.165) is 59.8 Å². The van der Waals surface area contributed by atoms with Crippen molar-refractivity contribution in [3.63, 3.8) is 0 Å². The highest BCUT2D eigenvalue weighted by Gasteiger charge is 2.22. The van der Waals surface area contributed by atoms with Crippen molar-refractivity contribution < 1.29 is 4.74 Å². The van der Waals surface area contributed by atoms with Crippen molar-refractivity contribution in [3.8, 4) is 11.9 Å². The van der Waals surface area contributed by atoms with Gasteiger partial charge in [-0.05, 0) is 67.6 Å². The standard InChI is InChI=1S/C27H29N5OS/c1-31-11-13-32(14-12-31)27-29-18-25(34-24-9-7-21(17-28)8-10-24)26(30-27)33-19-23-4-2-3-22(16-23)15-20-5-6-20/h2-4,7-10,16,18,20H,5-6,11-15,19H2,1H3. The number of hydrogen-bond donors (Lipinski definition) is 0. The Labute approximate surface area is 205 Å². The molecule has 1 saturated carbocycles. The van der Waals surface area contributed by atoms with Gasteiger partial charge in [0.05, 0.1) is 22.7 Å². The van der Waals surface area contributed by atoms with Gasteiger partial charge in [-0.1, -0.05) is 36.0 Å². The van der Waals surface area contributed by atoms with E-state index in [1.165, 1.54) is 18.4 Å². The second kappa shape index (κ2) is 10.5. The average Bonchev–Trinajstić information content (AvgIpc) is 3.69. The fraction of sp³-hybridized carbons (Fsp3) is 0.370. The third-order valence-corrected chi connectivity index (χ3v) is 7.30. The van der Waals surface area contributed by atoms with E-state index in [9.17, 15) is 0 Å². The van der Waals surface area contributed by atoms with E-state index in [-0.39, 0.29) is 0 Å². The van der Waals surface area contributed by atoms with Crippen LogP contribution in [0.25, 0.3) is 0 Å². The van der Waals surface area contributed by atoms with Crippen molar-refractivity contribution in [1.29, 1.82) is 5.26 Å². The fourth-order valence-corrected chi connectivity index (χ4v) is 4.88. The molecule has 5 rings (SSSR count). The molecule has 0 unspecified atom stereocenters. The summed E-state index contributed by atoms with van der Waals surface area (Å²) in [5.41, 5.74) is 3.19. The molecule has 1 aromatic heterocycles. The second-order valence-electron chi connectivity index (χ2n) is 9.12. The molecule has 3 aromatic rings. The van der Waals surface area contributed by atoms with Gasteiger partial charge < -0.3 is 14.5 Å². The largest absolute Gasteiger partial charge is 0.472 e. The smallest absolute Gasteiger partial charge is 0.232 e. The van der Waals surface area contributed by atoms with Gasteiger partial charge in [0.15, 0.2) is 0 Å². The summed E-state index contributed by atoms with van der Waals surface area (Å²) in [6.07, 6.45) is 5.73. The number of ether oxygens (including phenoxy) is 1. The molecule has 1 aliphatic carbocycles. The molecule has 2 aromatic carbocycles. The number of rotatable bonds is 8. The van der Waals surface area contributed by atoms with Crippen LogP contribution in [0.15, 0.2) is 64.5 Å². The van der Waals surface area contributed by atoms with Crippen molar-refractivity contribution in [2.45, 2.75) is 35.7 Å². The maximum atomic E-state index is 9.08. The molecule has 0 bridgehead atoms. The molecule has 1 aliphatic heterocycles. The molecule has 0 spiro atoms. The molecule has 0 atom stereocenters. The first-order valence-corrected chi connectivity index (χ1v) is 12.7. The summed E-state index contributed by atoms with van der Waals surface area (Å²) in [6, 6.07) is 18.4. The molecule has 0 radical (unpaired) electrons. The first-order valence-electron chi connectivity index (χ1n) is 11.9. The molecule has 0 amide bonds. The minimum absolute atomic E-state index is 0.471. The minimum Gasteiger partial charge on any atom is -0.472 e. The van der Waals surface area contributed by atoms with Crippen LogP contribution in [0.3, 0.4) is 0 Å². The molecule has 2 aliphatic rings. The molecule has 2 heterocycles. The zero-order chi connectivity index (χ0) is 23.3. The molecule has 7 heteroatoms. The lowest BCUT2D eigenvalue weighted by Gasteiger charge is -2.32. The van der Waals surface area contributed by atoms with Gasteiger partial charge in [0.1, 0.15) is 6.61 Å². The Morgan fingerprint density at radius 3 is 2.56 bits per heavy atom. The van der Waals surface area contributed by atoms with Crippen LogP contribution in [0.5, 0.6) is 5.88 Å². The maximum absolute atomic E-state index is 9.08. The van der Waals surface area contributed by atoms with E-state index in [1.807, 2.05) is 30.5 Å². The first kappa shape index (κ1) is 22.7. The Morgan fingerprint density at radius 1 is 1.06 bits per heavy atom. The van der Waals surface area contributed by atoms with Gasteiger partial charge in [-0.15, -0.1) is 0 Å². The Hall–Kier alpha value is -3.08. The Morgan fingerprint density at radius 2 is 1.82 bits per heavy atom. The zero-order valence-electron chi connectivity index (χ0n) is 19.5. The minimum atomic E-state index is 0.471. The van der Waals surface area contributed by atoms with Crippen LogP contribution in [0.4, 0.5) is 5.95 Å². The van der Waals surface area contributed by atoms with Crippen LogP contribution in [0.2, 0.25) is 0 Å². The molecule has 2 fully saturated rings. The fourth-order valence-electron chi connectivity index (χ4n) is 4.06. The van der Waals surface area contributed by atoms with Crippen molar-refractivity contribution >= 4 is 17.7 Å². The lowest BCUT2D eigenvalue weighted by atomic mass is 10.1. The van der Waals surface area contributed by atoms with Crippen LogP contribution in [-0.2, 0) is 13.0 Å². The monoisotopic (exact) mass is 471 g/mol. The Bertz CT molecular complexity index is 1160. The van der Waals surface area contributed by atoms with Crippen molar-refractivity contribution in [2.24, 2.45) is 5.92 Å². The van der Waals surface area contributed by atoms with Gasteiger partial charge in [-0.2, -0.15) is 10.2 Å². The predicted octanol–water partition coefficient (Wildman–Crippen LogP) is 4.78. The third-order valence-electron chi connectivity index (χ3n) is 6.30. The highest BCUT2D eigenvalue weighted by atomic mass is 32.2. The molecule has 6 nitrogen and oxygen atoms in total. The Kier molecular flexibility index (Phi) is 6.98. The van der Waals surface area contributed by atoms with Gasteiger partial charge in [0, 0.05) is 31.1 Å². The summed E-state index contributed by atoms with van der Waals surface area (Å²) in [4.78, 5) is 15.9. The van der Waals surface area contributed by atoms with Gasteiger partial charge in [0.25, 0.3) is 0 Å². The van der Waals surface area contributed by atoms with Gasteiger partial charge >= 0.3 is 0 Å². The van der Waals surface area contributed by atoms with Crippen LogP contribution >= 0.6 is 11.8 Å². The van der Waals surface area contributed by atoms with Crippen molar-refractivity contribution in [1.82, 2.24) is 14.9 Å². The summed E-state index contributed by atoms with van der Waals surface area (Å²) in [6.45, 7) is 4.27. The van der Waals surface area contributed by atoms with Crippen LogP contribution in [-0.4, -0.2) is 48.1 Å². The predicted molar refractivity (Wildman–Crippen MR) is 134 cm³/mol. The SMILES string of the molecule is CN1CCN(c2ncc(Sc3ccc(C#N)cc3)c(OCc3cccc(CC4CC4)c3)n2)CC1. The lowest BCUT2D eigenvalue weighted by Crippen LogP contribution is -2.45. The van der Waals surface area contributed by atoms with Crippen molar-refractivity contribution in [2.75, 3.05) is 38.1 Å². The molecule has 0 N–H and O–H groups in total. The lowest BCUT2D eigenvalue weighted by molar-refractivity contribution is 0.283.